The van der Waals surface area contributed by atoms with Gasteiger partial charge in [-0.3, -0.25) is 4.79 Å². The molecule has 0 saturated heterocycles. The summed E-state index contributed by atoms with van der Waals surface area (Å²) in [5, 5.41) is 6.72. The highest BCUT2D eigenvalue weighted by Gasteiger charge is 2.20. The summed E-state index contributed by atoms with van der Waals surface area (Å²) in [4.78, 5) is 11.6. The SMILES string of the molecule is O=C(CNCC1CC1)Nc1c(Cl)cccc1Cl. The summed E-state index contributed by atoms with van der Waals surface area (Å²) < 4.78 is 0. The summed E-state index contributed by atoms with van der Waals surface area (Å²) in [5.41, 5.74) is 0.481. The molecule has 1 aliphatic carbocycles. The van der Waals surface area contributed by atoms with Gasteiger partial charge in [0.2, 0.25) is 5.91 Å². The van der Waals surface area contributed by atoms with E-state index in [0.717, 1.165) is 12.5 Å². The van der Waals surface area contributed by atoms with Crippen LogP contribution in [0.5, 0.6) is 0 Å². The fourth-order valence-corrected chi connectivity index (χ4v) is 2.00. The van der Waals surface area contributed by atoms with Crippen molar-refractivity contribution in [3.63, 3.8) is 0 Å². The van der Waals surface area contributed by atoms with Crippen LogP contribution in [-0.2, 0) is 4.79 Å². The van der Waals surface area contributed by atoms with Gasteiger partial charge in [0, 0.05) is 0 Å². The van der Waals surface area contributed by atoms with Crippen LogP contribution in [-0.4, -0.2) is 19.0 Å². The van der Waals surface area contributed by atoms with Crippen LogP contribution < -0.4 is 10.6 Å². The van der Waals surface area contributed by atoms with Gasteiger partial charge >= 0.3 is 0 Å². The first-order valence-corrected chi connectivity index (χ1v) is 6.37. The van der Waals surface area contributed by atoms with Crippen molar-refractivity contribution in [3.05, 3.63) is 28.2 Å². The lowest BCUT2D eigenvalue weighted by atomic mass is 10.3. The first-order valence-electron chi connectivity index (χ1n) is 5.61. The number of hydrogen-bond donors (Lipinski definition) is 2. The van der Waals surface area contributed by atoms with E-state index >= 15 is 0 Å². The van der Waals surface area contributed by atoms with E-state index < -0.39 is 0 Å². The summed E-state index contributed by atoms with van der Waals surface area (Å²) in [6, 6.07) is 5.13. The van der Waals surface area contributed by atoms with E-state index in [0.29, 0.717) is 15.7 Å². The molecule has 2 N–H and O–H groups in total. The molecule has 1 saturated carbocycles. The van der Waals surface area contributed by atoms with Gasteiger partial charge in [-0.1, -0.05) is 29.3 Å². The van der Waals surface area contributed by atoms with Crippen LogP contribution in [0.15, 0.2) is 18.2 Å². The number of anilines is 1. The van der Waals surface area contributed by atoms with Crippen molar-refractivity contribution < 1.29 is 4.79 Å². The number of para-hydroxylation sites is 1. The van der Waals surface area contributed by atoms with Crippen molar-refractivity contribution in [2.24, 2.45) is 5.92 Å². The number of rotatable bonds is 5. The highest BCUT2D eigenvalue weighted by molar-refractivity contribution is 6.39. The molecule has 5 heteroatoms. The molecule has 0 aliphatic heterocycles. The Balaban J connectivity index is 1.84. The molecular formula is C12H14Cl2N2O. The van der Waals surface area contributed by atoms with E-state index in [9.17, 15) is 4.79 Å². The largest absolute Gasteiger partial charge is 0.322 e. The van der Waals surface area contributed by atoms with Crippen molar-refractivity contribution >= 4 is 34.8 Å². The molecule has 1 fully saturated rings. The van der Waals surface area contributed by atoms with Gasteiger partial charge in [-0.25, -0.2) is 0 Å². The highest BCUT2D eigenvalue weighted by atomic mass is 35.5. The molecule has 0 heterocycles. The van der Waals surface area contributed by atoms with Crippen LogP contribution in [0.2, 0.25) is 10.0 Å². The van der Waals surface area contributed by atoms with Gasteiger partial charge < -0.3 is 10.6 Å². The molecule has 0 aromatic heterocycles. The number of nitrogens with one attached hydrogen (secondary N) is 2. The molecule has 2 rings (SSSR count). The van der Waals surface area contributed by atoms with Gasteiger partial charge in [-0.05, 0) is 37.4 Å². The molecule has 0 spiro atoms. The third-order valence-electron chi connectivity index (χ3n) is 2.64. The van der Waals surface area contributed by atoms with Gasteiger partial charge in [-0.2, -0.15) is 0 Å². The average Bonchev–Trinajstić information content (AvgIpc) is 3.08. The Morgan fingerprint density at radius 3 is 2.53 bits per heavy atom. The van der Waals surface area contributed by atoms with Gasteiger partial charge in [-0.15, -0.1) is 0 Å². The van der Waals surface area contributed by atoms with Crippen LogP contribution in [0.1, 0.15) is 12.8 Å². The van der Waals surface area contributed by atoms with Crippen molar-refractivity contribution in [2.45, 2.75) is 12.8 Å². The molecule has 0 unspecified atom stereocenters. The second-order valence-corrected chi connectivity index (χ2v) is 5.03. The van der Waals surface area contributed by atoms with Crippen molar-refractivity contribution in [1.29, 1.82) is 0 Å². The molecule has 1 aliphatic rings. The molecule has 17 heavy (non-hydrogen) atoms. The first kappa shape index (κ1) is 12.7. The third-order valence-corrected chi connectivity index (χ3v) is 3.27. The minimum Gasteiger partial charge on any atom is -0.322 e. The number of carbonyl (C=O) groups is 1. The summed E-state index contributed by atoms with van der Waals surface area (Å²) in [6.45, 7) is 1.20. The van der Waals surface area contributed by atoms with E-state index in [1.165, 1.54) is 12.8 Å². The minimum absolute atomic E-state index is 0.124. The quantitative estimate of drug-likeness (QED) is 0.866. The predicted molar refractivity (Wildman–Crippen MR) is 70.7 cm³/mol. The van der Waals surface area contributed by atoms with E-state index in [1.807, 2.05) is 0 Å². The Kier molecular flexibility index (Phi) is 4.26. The van der Waals surface area contributed by atoms with Crippen LogP contribution >= 0.6 is 23.2 Å². The van der Waals surface area contributed by atoms with E-state index in [2.05, 4.69) is 10.6 Å². The smallest absolute Gasteiger partial charge is 0.238 e. The van der Waals surface area contributed by atoms with Crippen LogP contribution in [0.3, 0.4) is 0 Å². The van der Waals surface area contributed by atoms with E-state index in [4.69, 9.17) is 23.2 Å². The molecule has 92 valence electrons. The molecular weight excluding hydrogens is 259 g/mol. The molecule has 1 amide bonds. The standard InChI is InChI=1S/C12H14Cl2N2O/c13-9-2-1-3-10(14)12(9)16-11(17)7-15-6-8-4-5-8/h1-3,8,15H,4-7H2,(H,16,17). The number of amides is 1. The Morgan fingerprint density at radius 1 is 1.29 bits per heavy atom. The molecule has 1 aromatic carbocycles. The second-order valence-electron chi connectivity index (χ2n) is 4.22. The Bertz CT molecular complexity index is 399. The topological polar surface area (TPSA) is 41.1 Å². The zero-order chi connectivity index (χ0) is 12.3. The zero-order valence-electron chi connectivity index (χ0n) is 9.30. The van der Waals surface area contributed by atoms with Crippen molar-refractivity contribution in [2.75, 3.05) is 18.4 Å². The van der Waals surface area contributed by atoms with Crippen molar-refractivity contribution in [3.8, 4) is 0 Å². The molecule has 1 aromatic rings. The first-order chi connectivity index (χ1) is 8.16. The zero-order valence-corrected chi connectivity index (χ0v) is 10.8. The lowest BCUT2D eigenvalue weighted by Gasteiger charge is -2.09. The maximum Gasteiger partial charge on any atom is 0.238 e. The van der Waals surface area contributed by atoms with E-state index in [-0.39, 0.29) is 12.5 Å². The van der Waals surface area contributed by atoms with Gasteiger partial charge in [0.15, 0.2) is 0 Å². The number of benzene rings is 1. The molecule has 0 radical (unpaired) electrons. The summed E-state index contributed by atoms with van der Waals surface area (Å²) in [6.07, 6.45) is 2.54. The van der Waals surface area contributed by atoms with Crippen LogP contribution in [0.25, 0.3) is 0 Å². The second kappa shape index (κ2) is 5.71. The van der Waals surface area contributed by atoms with Crippen LogP contribution in [0.4, 0.5) is 5.69 Å². The van der Waals surface area contributed by atoms with Gasteiger partial charge in [0.25, 0.3) is 0 Å². The molecule has 3 nitrogen and oxygen atoms in total. The monoisotopic (exact) mass is 272 g/mol. The number of hydrogen-bond acceptors (Lipinski definition) is 2. The summed E-state index contributed by atoms with van der Waals surface area (Å²) in [5.74, 6) is 0.632. The summed E-state index contributed by atoms with van der Waals surface area (Å²) in [7, 11) is 0. The summed E-state index contributed by atoms with van der Waals surface area (Å²) >= 11 is 11.9. The number of carbonyl (C=O) groups excluding carboxylic acids is 1. The maximum absolute atomic E-state index is 11.6. The normalized spacial score (nSPS) is 14.7. The maximum atomic E-state index is 11.6. The molecule has 0 bridgehead atoms. The van der Waals surface area contributed by atoms with E-state index in [1.54, 1.807) is 18.2 Å². The fraction of sp³-hybridized carbons (Fsp3) is 0.417. The minimum atomic E-state index is -0.124. The lowest BCUT2D eigenvalue weighted by Crippen LogP contribution is -2.29. The van der Waals surface area contributed by atoms with Gasteiger partial charge in [0.1, 0.15) is 0 Å². The lowest BCUT2D eigenvalue weighted by molar-refractivity contribution is -0.115. The Labute approximate surface area is 110 Å². The molecule has 0 atom stereocenters. The predicted octanol–water partition coefficient (Wildman–Crippen LogP) is 2.93. The van der Waals surface area contributed by atoms with Crippen LogP contribution in [0, 0.1) is 5.92 Å². The average molecular weight is 273 g/mol. The highest BCUT2D eigenvalue weighted by Crippen LogP contribution is 2.29. The Morgan fingerprint density at radius 2 is 1.94 bits per heavy atom. The number of halogens is 2. The van der Waals surface area contributed by atoms with Crippen molar-refractivity contribution in [1.82, 2.24) is 5.32 Å². The third kappa shape index (κ3) is 3.87. The Hall–Kier alpha value is -0.770. The van der Waals surface area contributed by atoms with Gasteiger partial charge in [0.05, 0.1) is 22.3 Å². The fourth-order valence-electron chi connectivity index (χ4n) is 1.51.